The maximum absolute atomic E-state index is 12.0. The average molecular weight is 457 g/mol. The number of rotatable bonds is 4. The second-order valence-electron chi connectivity index (χ2n) is 12.1. The highest BCUT2D eigenvalue weighted by atomic mass is 17.2. The summed E-state index contributed by atoms with van der Waals surface area (Å²) in [5, 5.41) is 2.71. The van der Waals surface area contributed by atoms with E-state index in [2.05, 4.69) is 17.4 Å². The Labute approximate surface area is 197 Å². The number of benzene rings is 1. The Kier molecular flexibility index (Phi) is 6.45. The fourth-order valence-electron chi connectivity index (χ4n) is 7.02. The summed E-state index contributed by atoms with van der Waals surface area (Å²) in [4.78, 5) is 24.5. The minimum atomic E-state index is -0.474. The molecule has 3 unspecified atom stereocenters. The van der Waals surface area contributed by atoms with Gasteiger partial charge in [0.05, 0.1) is 6.10 Å². The number of carbonyl (C=O) groups excluding carboxylic acids is 1. The first kappa shape index (κ1) is 23.1. The summed E-state index contributed by atoms with van der Waals surface area (Å²) >= 11 is 0. The number of hydrogen-bond donors (Lipinski definition) is 2. The number of ether oxygens (including phenoxy) is 1. The standard InChI is InChI=1S/C27H40N2O4/c1-26(2,28)17-29-25(30)31-23-7-5-21(6-8-23)22-4-3-9-27(16-22)15-20-11-18-10-19(12-20)14-24(13-18)32-33-27/h5-8,18-20,22,24H,3-4,9-17,28H2,1-2H3,(H,29,30)/t18?,19?,20?,22?,24?,27-/m0/s1. The molecule has 6 rings (SSSR count). The molecular formula is C27H40N2O4. The van der Waals surface area contributed by atoms with Crippen LogP contribution in [0.3, 0.4) is 0 Å². The summed E-state index contributed by atoms with van der Waals surface area (Å²) < 4.78 is 5.42. The first-order valence-corrected chi connectivity index (χ1v) is 12.9. The minimum Gasteiger partial charge on any atom is -0.410 e. The average Bonchev–Trinajstić information content (AvgIpc) is 2.83. The Bertz CT molecular complexity index is 822. The van der Waals surface area contributed by atoms with Crippen molar-refractivity contribution in [1.82, 2.24) is 5.32 Å². The number of nitrogens with one attached hydrogen (secondary N) is 1. The summed E-state index contributed by atoms with van der Waals surface area (Å²) in [6.45, 7) is 4.09. The molecule has 5 aliphatic rings. The van der Waals surface area contributed by atoms with E-state index < -0.39 is 11.6 Å². The van der Waals surface area contributed by atoms with Gasteiger partial charge in [0.15, 0.2) is 0 Å². The molecule has 5 fully saturated rings. The van der Waals surface area contributed by atoms with Crippen LogP contribution >= 0.6 is 0 Å². The van der Waals surface area contributed by atoms with Gasteiger partial charge in [-0.05, 0) is 119 Å². The zero-order chi connectivity index (χ0) is 23.1. The Hall–Kier alpha value is -1.63. The summed E-state index contributed by atoms with van der Waals surface area (Å²) in [7, 11) is 0. The summed E-state index contributed by atoms with van der Waals surface area (Å²) in [5.74, 6) is 3.45. The van der Waals surface area contributed by atoms with Crippen molar-refractivity contribution in [3.05, 3.63) is 29.8 Å². The molecular weight excluding hydrogens is 416 g/mol. The lowest BCUT2D eigenvalue weighted by atomic mass is 9.63. The molecule has 4 atom stereocenters. The molecule has 3 N–H and O–H groups in total. The molecule has 3 saturated carbocycles. The highest BCUT2D eigenvalue weighted by Crippen LogP contribution is 2.52. The molecule has 2 saturated heterocycles. The van der Waals surface area contributed by atoms with Crippen LogP contribution in [-0.2, 0) is 9.78 Å². The van der Waals surface area contributed by atoms with Crippen molar-refractivity contribution < 1.29 is 19.3 Å². The van der Waals surface area contributed by atoms with Crippen molar-refractivity contribution in [1.29, 1.82) is 0 Å². The van der Waals surface area contributed by atoms with Crippen molar-refractivity contribution in [3.8, 4) is 5.75 Å². The third-order valence-corrected chi connectivity index (χ3v) is 8.27. The third-order valence-electron chi connectivity index (χ3n) is 8.27. The van der Waals surface area contributed by atoms with E-state index in [1.54, 1.807) is 0 Å². The predicted molar refractivity (Wildman–Crippen MR) is 127 cm³/mol. The lowest BCUT2D eigenvalue weighted by Crippen LogP contribution is -2.45. The molecule has 1 amide bonds. The van der Waals surface area contributed by atoms with Crippen LogP contribution in [-0.4, -0.2) is 29.9 Å². The fraction of sp³-hybridized carbons (Fsp3) is 0.741. The Morgan fingerprint density at radius 1 is 1.09 bits per heavy atom. The van der Waals surface area contributed by atoms with Crippen molar-refractivity contribution in [3.63, 3.8) is 0 Å². The van der Waals surface area contributed by atoms with Crippen LogP contribution < -0.4 is 15.8 Å². The molecule has 1 aromatic rings. The number of amides is 1. The maximum atomic E-state index is 12.0. The molecule has 6 heteroatoms. The van der Waals surface area contributed by atoms with Crippen LogP contribution in [0.5, 0.6) is 5.75 Å². The highest BCUT2D eigenvalue weighted by molar-refractivity contribution is 5.70. The molecule has 182 valence electrons. The van der Waals surface area contributed by atoms with E-state index in [1.165, 1.54) is 37.7 Å². The largest absolute Gasteiger partial charge is 0.412 e. The Morgan fingerprint density at radius 3 is 2.48 bits per heavy atom. The first-order chi connectivity index (χ1) is 15.8. The van der Waals surface area contributed by atoms with E-state index >= 15 is 0 Å². The van der Waals surface area contributed by atoms with E-state index in [4.69, 9.17) is 20.2 Å². The third kappa shape index (κ3) is 5.72. The van der Waals surface area contributed by atoms with E-state index in [0.717, 1.165) is 49.9 Å². The lowest BCUT2D eigenvalue weighted by molar-refractivity contribution is -0.394. The molecule has 4 bridgehead atoms. The van der Waals surface area contributed by atoms with Gasteiger partial charge in [-0.1, -0.05) is 12.1 Å². The zero-order valence-corrected chi connectivity index (χ0v) is 20.2. The molecule has 0 aromatic heterocycles. The van der Waals surface area contributed by atoms with Gasteiger partial charge in [-0.3, -0.25) is 0 Å². The molecule has 1 spiro atoms. The van der Waals surface area contributed by atoms with Crippen LogP contribution in [0.1, 0.15) is 89.5 Å². The normalized spacial score (nSPS) is 36.2. The second-order valence-corrected chi connectivity index (χ2v) is 12.1. The van der Waals surface area contributed by atoms with Gasteiger partial charge in [0, 0.05) is 12.1 Å². The first-order valence-electron chi connectivity index (χ1n) is 12.9. The highest BCUT2D eigenvalue weighted by Gasteiger charge is 2.47. The molecule has 6 nitrogen and oxygen atoms in total. The van der Waals surface area contributed by atoms with Gasteiger partial charge in [0.25, 0.3) is 0 Å². The van der Waals surface area contributed by atoms with Crippen molar-refractivity contribution in [2.75, 3.05) is 6.54 Å². The van der Waals surface area contributed by atoms with Crippen LogP contribution in [0.2, 0.25) is 0 Å². The second kappa shape index (κ2) is 9.20. The number of nitrogens with two attached hydrogens (primary N) is 1. The quantitative estimate of drug-likeness (QED) is 0.588. The van der Waals surface area contributed by atoms with Gasteiger partial charge >= 0.3 is 6.09 Å². The van der Waals surface area contributed by atoms with Gasteiger partial charge in [0.1, 0.15) is 11.4 Å². The summed E-state index contributed by atoms with van der Waals surface area (Å²) in [6, 6.07) is 7.99. The smallest absolute Gasteiger partial charge is 0.410 e. The number of carbonyl (C=O) groups is 1. The molecule has 33 heavy (non-hydrogen) atoms. The lowest BCUT2D eigenvalue weighted by Gasteiger charge is -2.43. The topological polar surface area (TPSA) is 82.8 Å². The fourth-order valence-corrected chi connectivity index (χ4v) is 7.02. The van der Waals surface area contributed by atoms with Crippen molar-refractivity contribution in [2.24, 2.45) is 23.5 Å². The van der Waals surface area contributed by atoms with Crippen LogP contribution in [0.15, 0.2) is 24.3 Å². The van der Waals surface area contributed by atoms with Crippen LogP contribution in [0.4, 0.5) is 4.79 Å². The van der Waals surface area contributed by atoms with Crippen molar-refractivity contribution in [2.45, 2.75) is 101 Å². The Morgan fingerprint density at radius 2 is 1.79 bits per heavy atom. The predicted octanol–water partition coefficient (Wildman–Crippen LogP) is 5.46. The molecule has 1 aromatic carbocycles. The van der Waals surface area contributed by atoms with E-state index in [0.29, 0.717) is 18.2 Å². The SMILES string of the molecule is CC(C)(N)CNC(=O)Oc1ccc(C2CCC[C@]3(CC4CC5CC(C4)CC(C5)OO3)C2)cc1. The van der Waals surface area contributed by atoms with Gasteiger partial charge in [-0.15, -0.1) is 0 Å². The Balaban J connectivity index is 1.23. The minimum absolute atomic E-state index is 0.156. The van der Waals surface area contributed by atoms with Crippen LogP contribution in [0, 0.1) is 17.8 Å². The van der Waals surface area contributed by atoms with Gasteiger partial charge < -0.3 is 15.8 Å². The summed E-state index contributed by atoms with van der Waals surface area (Å²) in [6.07, 6.45) is 11.9. The maximum Gasteiger partial charge on any atom is 0.412 e. The summed E-state index contributed by atoms with van der Waals surface area (Å²) in [5.41, 5.74) is 6.58. The number of fused-ring (bicyclic) bond motifs is 1. The molecule has 0 radical (unpaired) electrons. The zero-order valence-electron chi connectivity index (χ0n) is 20.2. The molecule has 2 heterocycles. The van der Waals surface area contributed by atoms with Crippen LogP contribution in [0.25, 0.3) is 0 Å². The van der Waals surface area contributed by atoms with Gasteiger partial charge in [-0.25, -0.2) is 14.6 Å². The van der Waals surface area contributed by atoms with E-state index in [-0.39, 0.29) is 11.7 Å². The van der Waals surface area contributed by atoms with Crippen molar-refractivity contribution >= 4 is 6.09 Å². The van der Waals surface area contributed by atoms with E-state index in [9.17, 15) is 4.79 Å². The van der Waals surface area contributed by atoms with E-state index in [1.807, 2.05) is 26.0 Å². The molecule has 3 aliphatic carbocycles. The molecule has 2 aliphatic heterocycles. The van der Waals surface area contributed by atoms with Gasteiger partial charge in [-0.2, -0.15) is 0 Å². The monoisotopic (exact) mass is 456 g/mol. The van der Waals surface area contributed by atoms with Gasteiger partial charge in [0.2, 0.25) is 0 Å². The number of hydrogen-bond acceptors (Lipinski definition) is 5.